The van der Waals surface area contributed by atoms with Gasteiger partial charge in [-0.15, -0.1) is 0 Å². The normalized spacial score (nSPS) is 17.1. The van der Waals surface area contributed by atoms with Gasteiger partial charge in [0.1, 0.15) is 17.9 Å². The number of benzene rings is 1. The summed E-state index contributed by atoms with van der Waals surface area (Å²) >= 11 is 0. The molecule has 1 N–H and O–H groups in total. The number of aromatic nitrogens is 2. The third kappa shape index (κ3) is 2.74. The molecule has 0 saturated carbocycles. The van der Waals surface area contributed by atoms with E-state index in [0.717, 1.165) is 43.1 Å². The maximum atomic E-state index is 5.68. The van der Waals surface area contributed by atoms with Gasteiger partial charge in [0, 0.05) is 23.7 Å². The number of para-hydroxylation sites is 1. The van der Waals surface area contributed by atoms with Crippen LogP contribution in [0.4, 0.5) is 5.82 Å². The van der Waals surface area contributed by atoms with Gasteiger partial charge in [-0.1, -0.05) is 31.5 Å². The van der Waals surface area contributed by atoms with Gasteiger partial charge in [-0.2, -0.15) is 0 Å². The predicted octanol–water partition coefficient (Wildman–Crippen LogP) is 3.36. The van der Waals surface area contributed by atoms with Gasteiger partial charge in [-0.05, 0) is 12.5 Å². The highest BCUT2D eigenvalue weighted by molar-refractivity contribution is 5.44. The van der Waals surface area contributed by atoms with Crippen LogP contribution in [0.2, 0.25) is 0 Å². The Labute approximate surface area is 119 Å². The predicted molar refractivity (Wildman–Crippen MR) is 78.9 cm³/mol. The molecule has 1 aliphatic heterocycles. The van der Waals surface area contributed by atoms with E-state index >= 15 is 0 Å². The Balaban J connectivity index is 1.80. The Morgan fingerprint density at radius 2 is 2.20 bits per heavy atom. The SMILES string of the molecule is CCCc1cc(NC2CCOc3ccccc32)ncn1. The van der Waals surface area contributed by atoms with Crippen LogP contribution in [0.25, 0.3) is 0 Å². The second-order valence-corrected chi connectivity index (χ2v) is 5.02. The third-order valence-corrected chi connectivity index (χ3v) is 3.51. The lowest BCUT2D eigenvalue weighted by Gasteiger charge is -2.27. The summed E-state index contributed by atoms with van der Waals surface area (Å²) in [7, 11) is 0. The molecule has 0 spiro atoms. The van der Waals surface area contributed by atoms with Gasteiger partial charge >= 0.3 is 0 Å². The first-order chi connectivity index (χ1) is 9.86. The minimum absolute atomic E-state index is 0.254. The average Bonchev–Trinajstić information content (AvgIpc) is 2.48. The van der Waals surface area contributed by atoms with Gasteiger partial charge in [-0.25, -0.2) is 9.97 Å². The molecule has 0 aliphatic carbocycles. The van der Waals surface area contributed by atoms with Gasteiger partial charge in [0.15, 0.2) is 0 Å². The molecule has 0 saturated heterocycles. The molecule has 0 amide bonds. The Bertz CT molecular complexity index is 585. The first-order valence-corrected chi connectivity index (χ1v) is 7.16. The van der Waals surface area contributed by atoms with Gasteiger partial charge in [0.25, 0.3) is 0 Å². The molecule has 3 rings (SSSR count). The molecule has 0 bridgehead atoms. The summed E-state index contributed by atoms with van der Waals surface area (Å²) in [6.07, 6.45) is 4.67. The van der Waals surface area contributed by atoms with Crippen molar-refractivity contribution in [1.29, 1.82) is 0 Å². The zero-order valence-electron chi connectivity index (χ0n) is 11.7. The van der Waals surface area contributed by atoms with Crippen molar-refractivity contribution in [3.63, 3.8) is 0 Å². The number of nitrogens with one attached hydrogen (secondary N) is 1. The Hall–Kier alpha value is -2.10. The van der Waals surface area contributed by atoms with E-state index < -0.39 is 0 Å². The summed E-state index contributed by atoms with van der Waals surface area (Å²) < 4.78 is 5.68. The summed E-state index contributed by atoms with van der Waals surface area (Å²) in [6, 6.07) is 10.5. The van der Waals surface area contributed by atoms with Gasteiger partial charge in [0.05, 0.1) is 12.6 Å². The lowest BCUT2D eigenvalue weighted by Crippen LogP contribution is -2.20. The molecule has 104 valence electrons. The van der Waals surface area contributed by atoms with E-state index in [4.69, 9.17) is 4.74 Å². The number of hydrogen-bond donors (Lipinski definition) is 1. The van der Waals surface area contributed by atoms with Gasteiger partial charge < -0.3 is 10.1 Å². The second-order valence-electron chi connectivity index (χ2n) is 5.02. The van der Waals surface area contributed by atoms with Gasteiger partial charge in [0.2, 0.25) is 0 Å². The first-order valence-electron chi connectivity index (χ1n) is 7.16. The number of rotatable bonds is 4. The molecule has 1 aliphatic rings. The van der Waals surface area contributed by atoms with E-state index in [2.05, 4.69) is 28.3 Å². The van der Waals surface area contributed by atoms with Crippen LogP contribution in [-0.4, -0.2) is 16.6 Å². The molecule has 1 aromatic carbocycles. The molecule has 1 atom stereocenters. The van der Waals surface area contributed by atoms with E-state index in [1.807, 2.05) is 24.3 Å². The van der Waals surface area contributed by atoms with Crippen LogP contribution in [0.1, 0.15) is 37.1 Å². The number of fused-ring (bicyclic) bond motifs is 1. The standard InChI is InChI=1S/C16H19N3O/c1-2-5-12-10-16(18-11-17-12)19-14-8-9-20-15-7-4-3-6-13(14)15/h3-4,6-7,10-11,14H,2,5,8-9H2,1H3,(H,17,18,19). The molecule has 4 nitrogen and oxygen atoms in total. The van der Waals surface area contributed by atoms with Gasteiger partial charge in [-0.3, -0.25) is 0 Å². The number of anilines is 1. The van der Waals surface area contributed by atoms with Crippen LogP contribution in [0.15, 0.2) is 36.7 Å². The van der Waals surface area contributed by atoms with Crippen molar-refractivity contribution in [2.75, 3.05) is 11.9 Å². The topological polar surface area (TPSA) is 47.0 Å². The van der Waals surface area contributed by atoms with E-state index in [1.54, 1.807) is 6.33 Å². The average molecular weight is 269 g/mol. The minimum atomic E-state index is 0.254. The molecule has 2 aromatic rings. The number of aryl methyl sites for hydroxylation is 1. The molecule has 4 heteroatoms. The molecular weight excluding hydrogens is 250 g/mol. The van der Waals surface area contributed by atoms with Crippen LogP contribution < -0.4 is 10.1 Å². The molecule has 0 radical (unpaired) electrons. The van der Waals surface area contributed by atoms with Crippen LogP contribution in [-0.2, 0) is 6.42 Å². The fourth-order valence-corrected chi connectivity index (χ4v) is 2.54. The largest absolute Gasteiger partial charge is 0.493 e. The Kier molecular flexibility index (Phi) is 3.81. The van der Waals surface area contributed by atoms with Crippen molar-refractivity contribution in [2.45, 2.75) is 32.2 Å². The van der Waals surface area contributed by atoms with Crippen molar-refractivity contribution in [1.82, 2.24) is 9.97 Å². The highest BCUT2D eigenvalue weighted by Crippen LogP contribution is 2.33. The summed E-state index contributed by atoms with van der Waals surface area (Å²) in [4.78, 5) is 8.62. The first kappa shape index (κ1) is 12.9. The van der Waals surface area contributed by atoms with Crippen LogP contribution in [0.3, 0.4) is 0 Å². The quantitative estimate of drug-likeness (QED) is 0.924. The molecule has 2 heterocycles. The minimum Gasteiger partial charge on any atom is -0.493 e. The number of hydrogen-bond acceptors (Lipinski definition) is 4. The van der Waals surface area contributed by atoms with Crippen LogP contribution >= 0.6 is 0 Å². The lowest BCUT2D eigenvalue weighted by atomic mass is 10.0. The van der Waals surface area contributed by atoms with Crippen LogP contribution in [0.5, 0.6) is 5.75 Å². The van der Waals surface area contributed by atoms with Crippen molar-refractivity contribution in [3.8, 4) is 5.75 Å². The molecule has 1 aromatic heterocycles. The number of ether oxygens (including phenoxy) is 1. The van der Waals surface area contributed by atoms with Crippen molar-refractivity contribution in [3.05, 3.63) is 47.9 Å². The molecule has 1 unspecified atom stereocenters. The highest BCUT2D eigenvalue weighted by atomic mass is 16.5. The highest BCUT2D eigenvalue weighted by Gasteiger charge is 2.21. The van der Waals surface area contributed by atoms with Crippen molar-refractivity contribution < 1.29 is 4.74 Å². The number of nitrogens with zero attached hydrogens (tertiary/aromatic N) is 2. The lowest BCUT2D eigenvalue weighted by molar-refractivity contribution is 0.274. The van der Waals surface area contributed by atoms with Crippen molar-refractivity contribution >= 4 is 5.82 Å². The zero-order valence-corrected chi connectivity index (χ0v) is 11.7. The molecule has 20 heavy (non-hydrogen) atoms. The monoisotopic (exact) mass is 269 g/mol. The fraction of sp³-hybridized carbons (Fsp3) is 0.375. The summed E-state index contributed by atoms with van der Waals surface area (Å²) in [5, 5.41) is 3.50. The maximum absolute atomic E-state index is 5.68. The van der Waals surface area contributed by atoms with Crippen molar-refractivity contribution in [2.24, 2.45) is 0 Å². The maximum Gasteiger partial charge on any atom is 0.130 e. The zero-order chi connectivity index (χ0) is 13.8. The summed E-state index contributed by atoms with van der Waals surface area (Å²) in [5.41, 5.74) is 2.29. The Morgan fingerprint density at radius 1 is 1.30 bits per heavy atom. The molecule has 0 fully saturated rings. The van der Waals surface area contributed by atoms with E-state index in [1.165, 1.54) is 5.56 Å². The van der Waals surface area contributed by atoms with E-state index in [-0.39, 0.29) is 6.04 Å². The summed E-state index contributed by atoms with van der Waals surface area (Å²) in [5.74, 6) is 1.87. The third-order valence-electron chi connectivity index (χ3n) is 3.51. The summed E-state index contributed by atoms with van der Waals surface area (Å²) in [6.45, 7) is 2.89. The van der Waals surface area contributed by atoms with Crippen LogP contribution in [0, 0.1) is 0 Å². The second kappa shape index (κ2) is 5.90. The van der Waals surface area contributed by atoms with E-state index in [9.17, 15) is 0 Å². The Morgan fingerprint density at radius 3 is 3.10 bits per heavy atom. The molecular formula is C16H19N3O. The van der Waals surface area contributed by atoms with E-state index in [0.29, 0.717) is 0 Å². The fourth-order valence-electron chi connectivity index (χ4n) is 2.54. The smallest absolute Gasteiger partial charge is 0.130 e.